The van der Waals surface area contributed by atoms with Gasteiger partial charge in [-0.3, -0.25) is 4.79 Å². The number of likely N-dealkylation sites (N-methyl/N-ethyl adjacent to an activating group) is 1. The molecular weight excluding hydrogens is 270 g/mol. The minimum atomic E-state index is -0.398. The number of hydrogen-bond acceptors (Lipinski definition) is 4. The lowest BCUT2D eigenvalue weighted by molar-refractivity contribution is -0.128. The lowest BCUT2D eigenvalue weighted by Crippen LogP contribution is -2.57. The van der Waals surface area contributed by atoms with E-state index in [0.29, 0.717) is 6.54 Å². The molecule has 2 heterocycles. The predicted octanol–water partition coefficient (Wildman–Crippen LogP) is 2.00. The second-order valence-electron chi connectivity index (χ2n) is 5.92. The van der Waals surface area contributed by atoms with Gasteiger partial charge in [0, 0.05) is 11.4 Å². The molecule has 1 aliphatic rings. The highest BCUT2D eigenvalue weighted by atomic mass is 32.1. The van der Waals surface area contributed by atoms with Crippen LogP contribution in [0.2, 0.25) is 0 Å². The summed E-state index contributed by atoms with van der Waals surface area (Å²) in [6.07, 6.45) is 3.21. The monoisotopic (exact) mass is 295 g/mol. The zero-order chi connectivity index (χ0) is 14.6. The highest BCUT2D eigenvalue weighted by Gasteiger charge is 2.34. The number of carbonyl (C=O) groups excluding carboxylic acids is 1. The summed E-state index contributed by atoms with van der Waals surface area (Å²) < 4.78 is 0. The van der Waals surface area contributed by atoms with E-state index >= 15 is 0 Å². The predicted molar refractivity (Wildman–Crippen MR) is 84.0 cm³/mol. The summed E-state index contributed by atoms with van der Waals surface area (Å²) >= 11 is 1.74. The summed E-state index contributed by atoms with van der Waals surface area (Å²) in [5, 5.41) is 8.57. The molecule has 2 rings (SSSR count). The maximum absolute atomic E-state index is 12.4. The van der Waals surface area contributed by atoms with Crippen molar-refractivity contribution < 1.29 is 4.79 Å². The second-order valence-corrected chi connectivity index (χ2v) is 6.90. The van der Waals surface area contributed by atoms with Crippen LogP contribution in [0.15, 0.2) is 17.5 Å². The molecule has 20 heavy (non-hydrogen) atoms. The van der Waals surface area contributed by atoms with Gasteiger partial charge in [-0.2, -0.15) is 0 Å². The van der Waals surface area contributed by atoms with Crippen LogP contribution < -0.4 is 10.6 Å². The Labute approximate surface area is 125 Å². The van der Waals surface area contributed by atoms with Crippen LogP contribution in [0, 0.1) is 0 Å². The first-order valence-corrected chi connectivity index (χ1v) is 8.14. The number of rotatable bonds is 5. The molecule has 0 saturated carbocycles. The smallest absolute Gasteiger partial charge is 0.240 e. The van der Waals surface area contributed by atoms with E-state index < -0.39 is 5.54 Å². The van der Waals surface area contributed by atoms with Gasteiger partial charge >= 0.3 is 0 Å². The van der Waals surface area contributed by atoms with Gasteiger partial charge in [0.25, 0.3) is 0 Å². The third kappa shape index (κ3) is 3.59. The Morgan fingerprint density at radius 1 is 1.55 bits per heavy atom. The van der Waals surface area contributed by atoms with Crippen molar-refractivity contribution in [1.29, 1.82) is 0 Å². The van der Waals surface area contributed by atoms with Gasteiger partial charge in [0.15, 0.2) is 0 Å². The summed E-state index contributed by atoms with van der Waals surface area (Å²) in [5.74, 6) is 0.126. The molecule has 2 N–H and O–H groups in total. The number of thiophene rings is 1. The van der Waals surface area contributed by atoms with Crippen molar-refractivity contribution >= 4 is 17.2 Å². The average molecular weight is 295 g/mol. The first-order valence-electron chi connectivity index (χ1n) is 7.26. The zero-order valence-corrected chi connectivity index (χ0v) is 13.4. The van der Waals surface area contributed by atoms with Crippen LogP contribution in [0.25, 0.3) is 0 Å². The van der Waals surface area contributed by atoms with Gasteiger partial charge in [-0.25, -0.2) is 0 Å². The molecule has 1 fully saturated rings. The fourth-order valence-electron chi connectivity index (χ4n) is 2.65. The summed E-state index contributed by atoms with van der Waals surface area (Å²) in [4.78, 5) is 15.9. The maximum atomic E-state index is 12.4. The summed E-state index contributed by atoms with van der Waals surface area (Å²) in [5.41, 5.74) is -0.398. The Kier molecular flexibility index (Phi) is 5.18. The van der Waals surface area contributed by atoms with Crippen LogP contribution in [0.4, 0.5) is 0 Å². The Morgan fingerprint density at radius 2 is 2.35 bits per heavy atom. The molecule has 0 aliphatic carbocycles. The molecule has 112 valence electrons. The van der Waals surface area contributed by atoms with Crippen molar-refractivity contribution in [3.63, 3.8) is 0 Å². The van der Waals surface area contributed by atoms with Gasteiger partial charge in [-0.15, -0.1) is 11.3 Å². The van der Waals surface area contributed by atoms with Crippen molar-refractivity contribution in [3.05, 3.63) is 22.4 Å². The highest BCUT2D eigenvalue weighted by Crippen LogP contribution is 2.23. The van der Waals surface area contributed by atoms with Crippen molar-refractivity contribution in [2.45, 2.75) is 37.8 Å². The van der Waals surface area contributed by atoms with Crippen LogP contribution in [-0.4, -0.2) is 43.5 Å². The van der Waals surface area contributed by atoms with Gasteiger partial charge in [-0.1, -0.05) is 6.07 Å². The van der Waals surface area contributed by atoms with Crippen molar-refractivity contribution in [1.82, 2.24) is 15.5 Å². The van der Waals surface area contributed by atoms with E-state index in [9.17, 15) is 4.79 Å². The largest absolute Gasteiger partial charge is 0.353 e. The number of amides is 1. The summed E-state index contributed by atoms with van der Waals surface area (Å²) in [6, 6.07) is 4.43. The van der Waals surface area contributed by atoms with Crippen LogP contribution in [0.1, 0.15) is 37.1 Å². The summed E-state index contributed by atoms with van der Waals surface area (Å²) in [7, 11) is 4.11. The number of hydrogen-bond donors (Lipinski definition) is 2. The van der Waals surface area contributed by atoms with Crippen LogP contribution in [0.5, 0.6) is 0 Å². The standard InChI is InChI=1S/C15H25N3OS/c1-15(8-4-5-9-17-15)14(19)16-11-12(18(2)3)13-7-6-10-20-13/h6-7,10,12,17H,4-5,8-9,11H2,1-3H3,(H,16,19). The van der Waals surface area contributed by atoms with Gasteiger partial charge in [0.05, 0.1) is 11.6 Å². The summed E-state index contributed by atoms with van der Waals surface area (Å²) in [6.45, 7) is 3.60. The fourth-order valence-corrected chi connectivity index (χ4v) is 3.58. The molecular formula is C15H25N3OS. The number of carbonyl (C=O) groups is 1. The van der Waals surface area contributed by atoms with E-state index in [0.717, 1.165) is 19.4 Å². The van der Waals surface area contributed by atoms with E-state index in [1.165, 1.54) is 11.3 Å². The molecule has 0 spiro atoms. The number of nitrogens with zero attached hydrogens (tertiary/aromatic N) is 1. The number of piperidine rings is 1. The minimum absolute atomic E-state index is 0.126. The zero-order valence-electron chi connectivity index (χ0n) is 12.6. The molecule has 1 saturated heterocycles. The molecule has 1 aliphatic heterocycles. The van der Waals surface area contributed by atoms with Gasteiger partial charge in [-0.05, 0) is 58.3 Å². The highest BCUT2D eigenvalue weighted by molar-refractivity contribution is 7.10. The molecule has 0 bridgehead atoms. The molecule has 1 amide bonds. The molecule has 0 radical (unpaired) electrons. The van der Waals surface area contributed by atoms with E-state index in [4.69, 9.17) is 0 Å². The topological polar surface area (TPSA) is 44.4 Å². The van der Waals surface area contributed by atoms with Gasteiger partial charge in [0.1, 0.15) is 0 Å². The van der Waals surface area contributed by atoms with E-state index in [1.807, 2.05) is 6.92 Å². The van der Waals surface area contributed by atoms with Gasteiger partial charge in [0.2, 0.25) is 5.91 Å². The Hall–Kier alpha value is -0.910. The average Bonchev–Trinajstić information content (AvgIpc) is 2.93. The van der Waals surface area contributed by atoms with Crippen molar-refractivity contribution in [3.8, 4) is 0 Å². The van der Waals surface area contributed by atoms with E-state index in [1.54, 1.807) is 11.3 Å². The second kappa shape index (κ2) is 6.70. The molecule has 1 aromatic rings. The lowest BCUT2D eigenvalue weighted by Gasteiger charge is -2.34. The quantitative estimate of drug-likeness (QED) is 0.873. The first kappa shape index (κ1) is 15.5. The third-order valence-corrected chi connectivity index (χ3v) is 5.04. The number of nitrogens with one attached hydrogen (secondary N) is 2. The van der Waals surface area contributed by atoms with Crippen molar-refractivity contribution in [2.75, 3.05) is 27.2 Å². The Balaban J connectivity index is 1.94. The van der Waals surface area contributed by atoms with Gasteiger partial charge < -0.3 is 15.5 Å². The minimum Gasteiger partial charge on any atom is -0.353 e. The van der Waals surface area contributed by atoms with Crippen molar-refractivity contribution in [2.24, 2.45) is 0 Å². The Morgan fingerprint density at radius 3 is 2.90 bits per heavy atom. The normalized spacial score (nSPS) is 24.6. The molecule has 5 heteroatoms. The maximum Gasteiger partial charge on any atom is 0.240 e. The molecule has 0 aromatic carbocycles. The molecule has 2 atom stereocenters. The van der Waals surface area contributed by atoms with E-state index in [2.05, 4.69) is 47.1 Å². The fraction of sp³-hybridized carbons (Fsp3) is 0.667. The van der Waals surface area contributed by atoms with Crippen LogP contribution in [0.3, 0.4) is 0 Å². The van der Waals surface area contributed by atoms with E-state index in [-0.39, 0.29) is 11.9 Å². The first-order chi connectivity index (χ1) is 9.53. The molecule has 2 unspecified atom stereocenters. The Bertz CT molecular complexity index is 424. The van der Waals surface area contributed by atoms with Crippen LogP contribution in [-0.2, 0) is 4.79 Å². The molecule has 4 nitrogen and oxygen atoms in total. The molecule has 1 aromatic heterocycles. The third-order valence-electron chi connectivity index (χ3n) is 4.07. The van der Waals surface area contributed by atoms with Crippen LogP contribution >= 0.6 is 11.3 Å². The lowest BCUT2D eigenvalue weighted by atomic mass is 9.90. The SMILES string of the molecule is CN(C)C(CNC(=O)C1(C)CCCCN1)c1cccs1.